The molecule has 0 aromatic carbocycles. The van der Waals surface area contributed by atoms with Crippen LogP contribution in [0.4, 0.5) is 0 Å². The van der Waals surface area contributed by atoms with Crippen LogP contribution in [0.3, 0.4) is 0 Å². The van der Waals surface area contributed by atoms with Gasteiger partial charge in [0.05, 0.1) is 12.2 Å². The summed E-state index contributed by atoms with van der Waals surface area (Å²) in [6.45, 7) is -0.442. The highest BCUT2D eigenvalue weighted by molar-refractivity contribution is 8.05. The van der Waals surface area contributed by atoms with E-state index in [9.17, 15) is 24.4 Å². The lowest BCUT2D eigenvalue weighted by molar-refractivity contribution is -0.0159. The van der Waals surface area contributed by atoms with E-state index in [1.165, 1.54) is 7.05 Å². The van der Waals surface area contributed by atoms with E-state index in [0.29, 0.717) is 0 Å². The molecule has 2 rings (SSSR count). The standard InChI is InChI=1S/C10H13Cl2N2O7P/c1-14-9(17)4(2-13-10(14)18)8-7(16)6(15)5(21-8)3-20-22(11,12)19/h2,5-8,15-16H,3H2,1H3,(H,13,18)/t5-,6?,7+,8+/m1/s1. The molecular formula is C10H13Cl2N2O7P. The zero-order chi connectivity index (χ0) is 16.7. The van der Waals surface area contributed by atoms with Crippen LogP contribution < -0.4 is 11.2 Å². The van der Waals surface area contributed by atoms with E-state index < -0.39 is 48.3 Å². The Hall–Kier alpha value is -0.670. The maximum atomic E-state index is 12.0. The normalized spacial score (nSPS) is 29.0. The van der Waals surface area contributed by atoms with Crippen molar-refractivity contribution in [2.75, 3.05) is 6.61 Å². The molecule has 4 atom stereocenters. The fourth-order valence-corrected chi connectivity index (χ4v) is 2.75. The molecule has 0 spiro atoms. The van der Waals surface area contributed by atoms with E-state index in [2.05, 4.69) is 9.51 Å². The van der Waals surface area contributed by atoms with Gasteiger partial charge in [0.15, 0.2) is 0 Å². The number of rotatable bonds is 4. The second-order valence-electron chi connectivity index (χ2n) is 4.70. The number of hydrogen-bond acceptors (Lipinski definition) is 7. The number of aromatic amines is 1. The Kier molecular flexibility index (Phi) is 5.18. The average molecular weight is 375 g/mol. The van der Waals surface area contributed by atoms with Crippen LogP contribution in [-0.2, 0) is 20.9 Å². The van der Waals surface area contributed by atoms with Gasteiger partial charge in [0, 0.05) is 13.2 Å². The number of aliphatic hydroxyl groups excluding tert-OH is 2. The molecular weight excluding hydrogens is 362 g/mol. The van der Waals surface area contributed by atoms with E-state index in [-0.39, 0.29) is 5.56 Å². The predicted molar refractivity (Wildman–Crippen MR) is 77.2 cm³/mol. The third kappa shape index (κ3) is 3.62. The highest BCUT2D eigenvalue weighted by atomic mass is 35.9. The monoisotopic (exact) mass is 374 g/mol. The van der Waals surface area contributed by atoms with Crippen molar-refractivity contribution in [2.24, 2.45) is 7.05 Å². The highest BCUT2D eigenvalue weighted by Gasteiger charge is 2.45. The summed E-state index contributed by atoms with van der Waals surface area (Å²) in [5.41, 5.74) is -1.36. The molecule has 1 aliphatic heterocycles. The first-order valence-corrected chi connectivity index (χ1v) is 9.49. The minimum atomic E-state index is -3.82. The molecule has 1 aromatic rings. The molecule has 22 heavy (non-hydrogen) atoms. The second kappa shape index (κ2) is 6.45. The predicted octanol–water partition coefficient (Wildman–Crippen LogP) is -0.162. The number of nitrogens with one attached hydrogen (secondary N) is 1. The first kappa shape index (κ1) is 17.7. The van der Waals surface area contributed by atoms with Crippen molar-refractivity contribution in [3.8, 4) is 0 Å². The second-order valence-corrected chi connectivity index (χ2v) is 8.98. The number of aliphatic hydroxyl groups is 2. The summed E-state index contributed by atoms with van der Waals surface area (Å²) in [4.78, 5) is 25.6. The molecule has 12 heteroatoms. The maximum absolute atomic E-state index is 12.0. The molecule has 1 aromatic heterocycles. The van der Waals surface area contributed by atoms with Gasteiger partial charge in [-0.2, -0.15) is 0 Å². The molecule has 0 bridgehead atoms. The third-order valence-electron chi connectivity index (χ3n) is 3.27. The van der Waals surface area contributed by atoms with E-state index in [1.54, 1.807) is 0 Å². The maximum Gasteiger partial charge on any atom is 0.380 e. The van der Waals surface area contributed by atoms with Crippen LogP contribution in [-0.4, -0.2) is 44.7 Å². The lowest BCUT2D eigenvalue weighted by Crippen LogP contribution is -2.37. The Morgan fingerprint density at radius 1 is 1.41 bits per heavy atom. The van der Waals surface area contributed by atoms with E-state index >= 15 is 0 Å². The SMILES string of the molecule is Cn1c(=O)[nH]cc([C@@H]2O[C@H](COP(=O)(Cl)Cl)C(O)[C@@H]2O)c1=O. The smallest absolute Gasteiger partial charge is 0.380 e. The van der Waals surface area contributed by atoms with Crippen LogP contribution >= 0.6 is 28.6 Å². The zero-order valence-electron chi connectivity index (χ0n) is 11.2. The first-order valence-electron chi connectivity index (χ1n) is 6.06. The quantitative estimate of drug-likeness (QED) is 0.623. The highest BCUT2D eigenvalue weighted by Crippen LogP contribution is 2.57. The lowest BCUT2D eigenvalue weighted by Gasteiger charge is -2.14. The largest absolute Gasteiger partial charge is 0.387 e. The Morgan fingerprint density at radius 3 is 2.64 bits per heavy atom. The number of hydrogen-bond donors (Lipinski definition) is 3. The molecule has 9 nitrogen and oxygen atoms in total. The Morgan fingerprint density at radius 2 is 2.05 bits per heavy atom. The number of nitrogens with zero attached hydrogens (tertiary/aromatic N) is 1. The van der Waals surface area contributed by atoms with Gasteiger partial charge in [-0.15, -0.1) is 0 Å². The van der Waals surface area contributed by atoms with Crippen molar-refractivity contribution in [3.63, 3.8) is 0 Å². The summed E-state index contributed by atoms with van der Waals surface area (Å²) in [6.07, 6.45) is -7.87. The first-order chi connectivity index (χ1) is 10.1. The molecule has 1 saturated heterocycles. The van der Waals surface area contributed by atoms with Gasteiger partial charge in [0.2, 0.25) is 0 Å². The van der Waals surface area contributed by atoms with Crippen molar-refractivity contribution in [3.05, 3.63) is 32.6 Å². The molecule has 1 aliphatic rings. The third-order valence-corrected chi connectivity index (χ3v) is 4.30. The fourth-order valence-electron chi connectivity index (χ4n) is 2.09. The van der Waals surface area contributed by atoms with Gasteiger partial charge in [-0.3, -0.25) is 13.9 Å². The zero-order valence-corrected chi connectivity index (χ0v) is 13.6. The van der Waals surface area contributed by atoms with Crippen molar-refractivity contribution in [2.45, 2.75) is 24.4 Å². The van der Waals surface area contributed by atoms with E-state index in [1.807, 2.05) is 0 Å². The number of halogens is 2. The summed E-state index contributed by atoms with van der Waals surface area (Å²) in [7, 11) is 1.25. The summed E-state index contributed by atoms with van der Waals surface area (Å²) in [5.74, 6) is 0. The van der Waals surface area contributed by atoms with Gasteiger partial charge in [-0.25, -0.2) is 4.79 Å². The van der Waals surface area contributed by atoms with Crippen LogP contribution in [0.1, 0.15) is 11.7 Å². The molecule has 0 aliphatic carbocycles. The van der Waals surface area contributed by atoms with Gasteiger partial charge in [-0.1, -0.05) is 0 Å². The van der Waals surface area contributed by atoms with Gasteiger partial charge in [0.1, 0.15) is 24.4 Å². The lowest BCUT2D eigenvalue weighted by atomic mass is 10.0. The topological polar surface area (TPSA) is 131 Å². The van der Waals surface area contributed by atoms with Gasteiger partial charge >= 0.3 is 11.8 Å². The van der Waals surface area contributed by atoms with Gasteiger partial charge in [0.25, 0.3) is 5.56 Å². The van der Waals surface area contributed by atoms with Crippen LogP contribution in [0.5, 0.6) is 0 Å². The molecule has 2 heterocycles. The fraction of sp³-hybridized carbons (Fsp3) is 0.600. The van der Waals surface area contributed by atoms with Crippen LogP contribution in [0, 0.1) is 0 Å². The summed E-state index contributed by atoms with van der Waals surface area (Å²) < 4.78 is 21.8. The van der Waals surface area contributed by atoms with Crippen molar-refractivity contribution >= 4 is 28.6 Å². The van der Waals surface area contributed by atoms with Crippen molar-refractivity contribution in [1.82, 2.24) is 9.55 Å². The van der Waals surface area contributed by atoms with E-state index in [0.717, 1.165) is 10.8 Å². The average Bonchev–Trinajstić information content (AvgIpc) is 2.70. The number of H-pyrrole nitrogens is 1. The van der Waals surface area contributed by atoms with Crippen LogP contribution in [0.15, 0.2) is 15.8 Å². The van der Waals surface area contributed by atoms with E-state index in [4.69, 9.17) is 27.2 Å². The van der Waals surface area contributed by atoms with Gasteiger partial charge in [-0.05, 0) is 22.5 Å². The molecule has 1 unspecified atom stereocenters. The minimum Gasteiger partial charge on any atom is -0.387 e. The van der Waals surface area contributed by atoms with Gasteiger partial charge < -0.3 is 24.5 Å². The van der Waals surface area contributed by atoms with Crippen molar-refractivity contribution in [1.29, 1.82) is 0 Å². The number of ether oxygens (including phenoxy) is 1. The molecule has 3 N–H and O–H groups in total. The summed E-state index contributed by atoms with van der Waals surface area (Å²) in [6, 6.07) is 0. The molecule has 0 amide bonds. The summed E-state index contributed by atoms with van der Waals surface area (Å²) >= 11 is 10.4. The Balaban J connectivity index is 2.24. The molecule has 0 radical (unpaired) electrons. The van der Waals surface area contributed by atoms with Crippen LogP contribution in [0.2, 0.25) is 0 Å². The molecule has 124 valence electrons. The molecule has 1 fully saturated rings. The van der Waals surface area contributed by atoms with Crippen LogP contribution in [0.25, 0.3) is 0 Å². The number of aromatic nitrogens is 2. The molecule has 0 saturated carbocycles. The summed E-state index contributed by atoms with van der Waals surface area (Å²) in [5, 5.41) is 19.9. The Bertz CT molecular complexity index is 714. The minimum absolute atomic E-state index is 0.0453. The van der Waals surface area contributed by atoms with Crippen molar-refractivity contribution < 1.29 is 24.0 Å². The Labute approximate surface area is 133 Å².